The fourth-order valence-electron chi connectivity index (χ4n) is 3.03. The summed E-state index contributed by atoms with van der Waals surface area (Å²) in [7, 11) is 1.62. The summed E-state index contributed by atoms with van der Waals surface area (Å²) in [5.41, 5.74) is -0.212. The monoisotopic (exact) mass is 368 g/mol. The average molecular weight is 368 g/mol. The number of hydrogen-bond acceptors (Lipinski definition) is 6. The quantitative estimate of drug-likeness (QED) is 0.424. The van der Waals surface area contributed by atoms with Crippen molar-refractivity contribution in [3.8, 4) is 0 Å². The molecule has 1 saturated heterocycles. The Labute approximate surface area is 152 Å². The van der Waals surface area contributed by atoms with Gasteiger partial charge in [-0.05, 0) is 25.5 Å². The SMILES string of the molecule is COCCCNC(=O)C(C)N1CCN(c2cccc(F)c2[N+](=O)[O-])CC1. The number of nitro benzene ring substituents is 1. The van der Waals surface area contributed by atoms with Gasteiger partial charge >= 0.3 is 5.69 Å². The summed E-state index contributed by atoms with van der Waals surface area (Å²) in [6.07, 6.45) is 0.756. The first kappa shape index (κ1) is 20.1. The van der Waals surface area contributed by atoms with Gasteiger partial charge in [-0.25, -0.2) is 0 Å². The summed E-state index contributed by atoms with van der Waals surface area (Å²) < 4.78 is 18.7. The number of benzene rings is 1. The van der Waals surface area contributed by atoms with Gasteiger partial charge in [-0.3, -0.25) is 19.8 Å². The molecular weight excluding hydrogens is 343 g/mol. The van der Waals surface area contributed by atoms with Crippen LogP contribution in [0.2, 0.25) is 0 Å². The number of carbonyl (C=O) groups is 1. The van der Waals surface area contributed by atoms with Crippen molar-refractivity contribution < 1.29 is 18.8 Å². The third-order valence-electron chi connectivity index (χ3n) is 4.55. The molecule has 1 aliphatic rings. The Balaban J connectivity index is 1.92. The van der Waals surface area contributed by atoms with Crippen LogP contribution in [0.15, 0.2) is 18.2 Å². The molecule has 1 aromatic rings. The van der Waals surface area contributed by atoms with Gasteiger partial charge in [0.1, 0.15) is 5.69 Å². The van der Waals surface area contributed by atoms with Crippen LogP contribution < -0.4 is 10.2 Å². The molecule has 0 bridgehead atoms. The van der Waals surface area contributed by atoms with Crippen molar-refractivity contribution in [1.29, 1.82) is 0 Å². The number of methoxy groups -OCH3 is 1. The van der Waals surface area contributed by atoms with Gasteiger partial charge in [0.15, 0.2) is 0 Å². The van der Waals surface area contributed by atoms with Crippen molar-refractivity contribution in [2.45, 2.75) is 19.4 Å². The van der Waals surface area contributed by atoms with Gasteiger partial charge in [0.05, 0.1) is 11.0 Å². The molecule has 9 heteroatoms. The number of piperazine rings is 1. The lowest BCUT2D eigenvalue weighted by molar-refractivity contribution is -0.386. The van der Waals surface area contributed by atoms with Crippen LogP contribution in [0.4, 0.5) is 15.8 Å². The molecule has 26 heavy (non-hydrogen) atoms. The van der Waals surface area contributed by atoms with Gasteiger partial charge in [0.2, 0.25) is 11.7 Å². The Morgan fingerprint density at radius 1 is 1.38 bits per heavy atom. The predicted octanol–water partition coefficient (Wildman–Crippen LogP) is 1.40. The van der Waals surface area contributed by atoms with E-state index in [0.717, 1.165) is 12.5 Å². The minimum Gasteiger partial charge on any atom is -0.385 e. The molecule has 1 atom stereocenters. The van der Waals surface area contributed by atoms with E-state index >= 15 is 0 Å². The molecule has 1 aliphatic heterocycles. The molecule has 1 heterocycles. The van der Waals surface area contributed by atoms with Crippen LogP contribution in [-0.2, 0) is 9.53 Å². The highest BCUT2D eigenvalue weighted by Crippen LogP contribution is 2.31. The minimum absolute atomic E-state index is 0.0497. The molecule has 0 spiro atoms. The molecule has 2 rings (SSSR count). The fraction of sp³-hybridized carbons (Fsp3) is 0.588. The van der Waals surface area contributed by atoms with E-state index in [9.17, 15) is 19.3 Å². The first-order valence-corrected chi connectivity index (χ1v) is 8.64. The molecule has 1 amide bonds. The third-order valence-corrected chi connectivity index (χ3v) is 4.55. The highest BCUT2D eigenvalue weighted by Gasteiger charge is 2.29. The van der Waals surface area contributed by atoms with E-state index in [2.05, 4.69) is 5.32 Å². The maximum Gasteiger partial charge on any atom is 0.327 e. The van der Waals surface area contributed by atoms with Crippen molar-refractivity contribution >= 4 is 17.3 Å². The second kappa shape index (κ2) is 9.44. The Bertz CT molecular complexity index is 635. The van der Waals surface area contributed by atoms with Crippen LogP contribution in [0.5, 0.6) is 0 Å². The van der Waals surface area contributed by atoms with E-state index in [1.165, 1.54) is 6.07 Å². The summed E-state index contributed by atoms with van der Waals surface area (Å²) >= 11 is 0. The molecule has 1 fully saturated rings. The maximum absolute atomic E-state index is 13.8. The Kier molecular flexibility index (Phi) is 7.28. The molecule has 0 saturated carbocycles. The van der Waals surface area contributed by atoms with E-state index in [-0.39, 0.29) is 17.6 Å². The first-order chi connectivity index (χ1) is 12.5. The van der Waals surface area contributed by atoms with Gasteiger partial charge in [-0.15, -0.1) is 0 Å². The molecular formula is C17H25FN4O4. The number of halogens is 1. The number of rotatable bonds is 8. The molecule has 144 valence electrons. The highest BCUT2D eigenvalue weighted by molar-refractivity contribution is 5.81. The maximum atomic E-state index is 13.8. The highest BCUT2D eigenvalue weighted by atomic mass is 19.1. The molecule has 0 aromatic heterocycles. The topological polar surface area (TPSA) is 88.0 Å². The van der Waals surface area contributed by atoms with Crippen LogP contribution in [0.1, 0.15) is 13.3 Å². The number of nitrogens with one attached hydrogen (secondary N) is 1. The summed E-state index contributed by atoms with van der Waals surface area (Å²) in [5.74, 6) is -0.884. The zero-order valence-corrected chi connectivity index (χ0v) is 15.1. The predicted molar refractivity (Wildman–Crippen MR) is 95.8 cm³/mol. The Hall–Kier alpha value is -2.26. The number of nitrogens with zero attached hydrogens (tertiary/aromatic N) is 3. The largest absolute Gasteiger partial charge is 0.385 e. The zero-order valence-electron chi connectivity index (χ0n) is 15.1. The smallest absolute Gasteiger partial charge is 0.327 e. The van der Waals surface area contributed by atoms with Gasteiger partial charge in [0.25, 0.3) is 0 Å². The fourth-order valence-corrected chi connectivity index (χ4v) is 3.03. The van der Waals surface area contributed by atoms with Crippen molar-refractivity contribution in [3.63, 3.8) is 0 Å². The zero-order chi connectivity index (χ0) is 19.1. The lowest BCUT2D eigenvalue weighted by Crippen LogP contribution is -2.54. The number of anilines is 1. The molecule has 0 aliphatic carbocycles. The number of hydrogen-bond donors (Lipinski definition) is 1. The van der Waals surface area contributed by atoms with Gasteiger partial charge in [-0.2, -0.15) is 4.39 Å². The lowest BCUT2D eigenvalue weighted by Gasteiger charge is -2.38. The summed E-state index contributed by atoms with van der Waals surface area (Å²) in [4.78, 5) is 26.5. The van der Waals surface area contributed by atoms with Crippen LogP contribution >= 0.6 is 0 Å². The number of ether oxygens (including phenoxy) is 1. The summed E-state index contributed by atoms with van der Waals surface area (Å²) in [6, 6.07) is 3.83. The minimum atomic E-state index is -0.835. The second-order valence-corrected chi connectivity index (χ2v) is 6.20. The van der Waals surface area contributed by atoms with E-state index in [4.69, 9.17) is 4.74 Å². The number of carbonyl (C=O) groups excluding carboxylic acids is 1. The lowest BCUT2D eigenvalue weighted by atomic mass is 10.1. The molecule has 8 nitrogen and oxygen atoms in total. The summed E-state index contributed by atoms with van der Waals surface area (Å²) in [5, 5.41) is 14.0. The van der Waals surface area contributed by atoms with Crippen LogP contribution in [0, 0.1) is 15.9 Å². The Morgan fingerprint density at radius 2 is 2.08 bits per heavy atom. The molecule has 1 N–H and O–H groups in total. The number of para-hydroxylation sites is 1. The van der Waals surface area contributed by atoms with Crippen molar-refractivity contribution in [3.05, 3.63) is 34.1 Å². The third kappa shape index (κ3) is 4.89. The number of amides is 1. The standard InChI is InChI=1S/C17H25FN4O4/c1-13(17(23)19-7-4-12-26-2)20-8-10-21(11-9-20)15-6-3-5-14(18)16(15)22(24)25/h3,5-6,13H,4,7-12H2,1-2H3,(H,19,23). The Morgan fingerprint density at radius 3 is 2.69 bits per heavy atom. The van der Waals surface area contributed by atoms with Crippen molar-refractivity contribution in [2.24, 2.45) is 0 Å². The van der Waals surface area contributed by atoms with E-state index < -0.39 is 16.4 Å². The first-order valence-electron chi connectivity index (χ1n) is 8.64. The van der Waals surface area contributed by atoms with Crippen LogP contribution in [0.25, 0.3) is 0 Å². The molecule has 1 unspecified atom stereocenters. The van der Waals surface area contributed by atoms with Gasteiger partial charge in [-0.1, -0.05) is 6.07 Å². The van der Waals surface area contributed by atoms with Gasteiger partial charge < -0.3 is 15.0 Å². The summed E-state index contributed by atoms with van der Waals surface area (Å²) in [6.45, 7) is 5.12. The van der Waals surface area contributed by atoms with E-state index in [1.807, 2.05) is 11.8 Å². The van der Waals surface area contributed by atoms with E-state index in [0.29, 0.717) is 39.3 Å². The second-order valence-electron chi connectivity index (χ2n) is 6.20. The van der Waals surface area contributed by atoms with E-state index in [1.54, 1.807) is 18.1 Å². The molecule has 0 radical (unpaired) electrons. The van der Waals surface area contributed by atoms with Gasteiger partial charge in [0, 0.05) is 46.4 Å². The normalized spacial score (nSPS) is 16.3. The number of nitro groups is 1. The molecule has 1 aromatic carbocycles. The van der Waals surface area contributed by atoms with Crippen molar-refractivity contribution in [2.75, 3.05) is 51.3 Å². The van der Waals surface area contributed by atoms with Crippen LogP contribution in [-0.4, -0.2) is 68.2 Å². The van der Waals surface area contributed by atoms with Crippen LogP contribution in [0.3, 0.4) is 0 Å². The average Bonchev–Trinajstić information content (AvgIpc) is 2.64. The van der Waals surface area contributed by atoms with Crippen molar-refractivity contribution in [1.82, 2.24) is 10.2 Å².